The molecule has 0 saturated carbocycles. The fraction of sp³-hybridized carbons (Fsp3) is 0.333. The minimum atomic E-state index is -4.48. The first-order chi connectivity index (χ1) is 9.32. The minimum absolute atomic E-state index is 0.0466. The van der Waals surface area contributed by atoms with Crippen molar-refractivity contribution in [2.45, 2.75) is 20.0 Å². The number of carbonyl (C=O) groups is 1. The van der Waals surface area contributed by atoms with Gasteiger partial charge in [0, 0.05) is 6.20 Å². The quantitative estimate of drug-likeness (QED) is 0.796. The highest BCUT2D eigenvalue weighted by Crippen LogP contribution is 2.33. The molecule has 0 fully saturated rings. The van der Waals surface area contributed by atoms with E-state index in [0.717, 1.165) is 18.3 Å². The highest BCUT2D eigenvalue weighted by molar-refractivity contribution is 5.72. The van der Waals surface area contributed by atoms with E-state index in [1.165, 1.54) is 11.4 Å². The van der Waals surface area contributed by atoms with Crippen LogP contribution in [0, 0.1) is 6.92 Å². The third-order valence-electron chi connectivity index (χ3n) is 2.53. The number of aryl methyl sites for hydroxylation is 1. The third-order valence-corrected chi connectivity index (χ3v) is 2.53. The Morgan fingerprint density at radius 1 is 1.45 bits per heavy atom. The van der Waals surface area contributed by atoms with E-state index in [0.29, 0.717) is 0 Å². The standard InChI is InChI=1S/C12H11F3N2O3/c1-3-19-11(18)20-10-7(2)16-17-5-4-8(6-9(10)17)12(13,14)15/h4-6H,3H2,1-2H3. The zero-order chi connectivity index (χ0) is 14.9. The first-order valence-electron chi connectivity index (χ1n) is 5.73. The first kappa shape index (κ1) is 14.2. The van der Waals surface area contributed by atoms with Gasteiger partial charge in [-0.1, -0.05) is 0 Å². The molecule has 0 amide bonds. The molecule has 5 nitrogen and oxygen atoms in total. The predicted molar refractivity (Wildman–Crippen MR) is 62.6 cm³/mol. The molecule has 2 heterocycles. The van der Waals surface area contributed by atoms with Gasteiger partial charge in [-0.15, -0.1) is 0 Å². The van der Waals surface area contributed by atoms with Crippen LogP contribution in [0.3, 0.4) is 0 Å². The largest absolute Gasteiger partial charge is 0.513 e. The Labute approximate surface area is 111 Å². The van der Waals surface area contributed by atoms with Crippen molar-refractivity contribution in [2.24, 2.45) is 0 Å². The van der Waals surface area contributed by atoms with Gasteiger partial charge in [0.05, 0.1) is 12.2 Å². The van der Waals surface area contributed by atoms with Gasteiger partial charge in [-0.3, -0.25) is 0 Å². The summed E-state index contributed by atoms with van der Waals surface area (Å²) in [5.74, 6) is -0.0467. The van der Waals surface area contributed by atoms with Gasteiger partial charge in [0.25, 0.3) is 0 Å². The van der Waals surface area contributed by atoms with Crippen molar-refractivity contribution in [3.8, 4) is 5.75 Å². The van der Waals surface area contributed by atoms with Crippen molar-refractivity contribution < 1.29 is 27.4 Å². The molecule has 0 atom stereocenters. The van der Waals surface area contributed by atoms with Crippen molar-refractivity contribution in [1.82, 2.24) is 9.61 Å². The van der Waals surface area contributed by atoms with Gasteiger partial charge in [-0.25, -0.2) is 9.31 Å². The van der Waals surface area contributed by atoms with Crippen LogP contribution < -0.4 is 4.74 Å². The van der Waals surface area contributed by atoms with E-state index in [1.807, 2.05) is 0 Å². The predicted octanol–water partition coefficient (Wildman–Crippen LogP) is 3.20. The highest BCUT2D eigenvalue weighted by atomic mass is 19.4. The van der Waals surface area contributed by atoms with Crippen LogP contribution in [-0.2, 0) is 10.9 Å². The lowest BCUT2D eigenvalue weighted by Crippen LogP contribution is -2.10. The van der Waals surface area contributed by atoms with Crippen LogP contribution in [0.5, 0.6) is 5.75 Å². The summed E-state index contributed by atoms with van der Waals surface area (Å²) >= 11 is 0. The van der Waals surface area contributed by atoms with Gasteiger partial charge in [-0.2, -0.15) is 18.3 Å². The molecule has 2 aromatic rings. The second kappa shape index (κ2) is 5.03. The number of hydrogen-bond acceptors (Lipinski definition) is 4. The van der Waals surface area contributed by atoms with E-state index in [9.17, 15) is 18.0 Å². The van der Waals surface area contributed by atoms with E-state index in [1.54, 1.807) is 6.92 Å². The van der Waals surface area contributed by atoms with E-state index in [4.69, 9.17) is 4.74 Å². The van der Waals surface area contributed by atoms with E-state index >= 15 is 0 Å². The van der Waals surface area contributed by atoms with Gasteiger partial charge >= 0.3 is 12.3 Å². The number of rotatable bonds is 2. The molecule has 0 saturated heterocycles. The summed E-state index contributed by atoms with van der Waals surface area (Å²) in [6, 6.07) is 1.77. The van der Waals surface area contributed by atoms with Crippen molar-refractivity contribution in [3.63, 3.8) is 0 Å². The Morgan fingerprint density at radius 2 is 2.15 bits per heavy atom. The zero-order valence-electron chi connectivity index (χ0n) is 10.7. The number of ether oxygens (including phenoxy) is 2. The summed E-state index contributed by atoms with van der Waals surface area (Å²) in [5.41, 5.74) is -0.513. The Morgan fingerprint density at radius 3 is 2.75 bits per heavy atom. The molecule has 0 bridgehead atoms. The van der Waals surface area contributed by atoms with Gasteiger partial charge < -0.3 is 9.47 Å². The molecular weight excluding hydrogens is 277 g/mol. The van der Waals surface area contributed by atoms with Crippen molar-refractivity contribution in [2.75, 3.05) is 6.61 Å². The molecular formula is C12H11F3N2O3. The highest BCUT2D eigenvalue weighted by Gasteiger charge is 2.31. The van der Waals surface area contributed by atoms with Gasteiger partial charge in [0.2, 0.25) is 0 Å². The molecule has 0 radical (unpaired) electrons. The van der Waals surface area contributed by atoms with Crippen LogP contribution in [0.25, 0.3) is 5.52 Å². The van der Waals surface area contributed by atoms with Crippen LogP contribution in [-0.4, -0.2) is 22.4 Å². The van der Waals surface area contributed by atoms with Gasteiger partial charge in [0.1, 0.15) is 11.2 Å². The van der Waals surface area contributed by atoms with E-state index in [-0.39, 0.29) is 23.6 Å². The summed E-state index contributed by atoms with van der Waals surface area (Å²) in [6.45, 7) is 3.21. The maximum Gasteiger partial charge on any atom is 0.513 e. The molecule has 0 unspecified atom stereocenters. The second-order valence-corrected chi connectivity index (χ2v) is 3.94. The molecule has 0 spiro atoms. The lowest BCUT2D eigenvalue weighted by Gasteiger charge is -2.07. The first-order valence-corrected chi connectivity index (χ1v) is 5.73. The third kappa shape index (κ3) is 2.68. The van der Waals surface area contributed by atoms with Crippen LogP contribution in [0.4, 0.5) is 18.0 Å². The maximum atomic E-state index is 12.7. The monoisotopic (exact) mass is 288 g/mol. The fourth-order valence-electron chi connectivity index (χ4n) is 1.67. The number of carbonyl (C=O) groups excluding carboxylic acids is 1. The molecule has 0 aliphatic rings. The number of pyridine rings is 1. The summed E-state index contributed by atoms with van der Waals surface area (Å²) < 4.78 is 48.7. The van der Waals surface area contributed by atoms with Crippen molar-refractivity contribution >= 4 is 11.7 Å². The molecule has 0 aliphatic carbocycles. The van der Waals surface area contributed by atoms with Crippen LogP contribution in [0.15, 0.2) is 18.3 Å². The van der Waals surface area contributed by atoms with E-state index in [2.05, 4.69) is 9.84 Å². The number of alkyl halides is 3. The Balaban J connectivity index is 2.47. The van der Waals surface area contributed by atoms with Gasteiger partial charge in [-0.05, 0) is 26.0 Å². The number of aromatic nitrogens is 2. The Hall–Kier alpha value is -2.25. The fourth-order valence-corrected chi connectivity index (χ4v) is 1.67. The topological polar surface area (TPSA) is 52.8 Å². The molecule has 0 aliphatic heterocycles. The maximum absolute atomic E-state index is 12.7. The SMILES string of the molecule is CCOC(=O)Oc1c(C)nn2ccc(C(F)(F)F)cc12. The zero-order valence-corrected chi connectivity index (χ0v) is 10.7. The van der Waals surface area contributed by atoms with Crippen LogP contribution in [0.2, 0.25) is 0 Å². The molecule has 2 aromatic heterocycles. The van der Waals surface area contributed by atoms with E-state index < -0.39 is 17.9 Å². The Bertz CT molecular complexity index is 649. The smallest absolute Gasteiger partial charge is 0.434 e. The number of halogens is 3. The summed E-state index contributed by atoms with van der Waals surface area (Å²) in [5, 5.41) is 3.97. The Kier molecular flexibility index (Phi) is 3.56. The lowest BCUT2D eigenvalue weighted by atomic mass is 10.2. The molecule has 108 valence electrons. The van der Waals surface area contributed by atoms with Gasteiger partial charge in [0.15, 0.2) is 5.75 Å². The minimum Gasteiger partial charge on any atom is -0.434 e. The molecule has 2 rings (SSSR count). The normalized spacial score (nSPS) is 11.7. The molecule has 0 N–H and O–H groups in total. The molecule has 20 heavy (non-hydrogen) atoms. The second-order valence-electron chi connectivity index (χ2n) is 3.94. The van der Waals surface area contributed by atoms with Crippen LogP contribution >= 0.6 is 0 Å². The number of hydrogen-bond donors (Lipinski definition) is 0. The summed E-state index contributed by atoms with van der Waals surface area (Å²) in [7, 11) is 0. The van der Waals surface area contributed by atoms with Crippen molar-refractivity contribution in [3.05, 3.63) is 29.6 Å². The van der Waals surface area contributed by atoms with Crippen LogP contribution in [0.1, 0.15) is 18.2 Å². The van der Waals surface area contributed by atoms with Crippen molar-refractivity contribution in [1.29, 1.82) is 0 Å². The lowest BCUT2D eigenvalue weighted by molar-refractivity contribution is -0.137. The number of nitrogens with zero attached hydrogens (tertiary/aromatic N) is 2. The molecule has 8 heteroatoms. The summed E-state index contributed by atoms with van der Waals surface area (Å²) in [4.78, 5) is 11.3. The average Bonchev–Trinajstić information content (AvgIpc) is 2.64. The summed E-state index contributed by atoms with van der Waals surface area (Å²) in [6.07, 6.45) is -4.31. The number of fused-ring (bicyclic) bond motifs is 1. The molecule has 0 aromatic carbocycles. The average molecular weight is 288 g/mol.